The average molecular weight is 186 g/mol. The molecule has 0 spiro atoms. The van der Waals surface area contributed by atoms with Crippen molar-refractivity contribution in [1.29, 1.82) is 0 Å². The van der Waals surface area contributed by atoms with Gasteiger partial charge in [-0.25, -0.2) is 0 Å². The lowest BCUT2D eigenvalue weighted by Gasteiger charge is -2.39. The van der Waals surface area contributed by atoms with Crippen LogP contribution in [0.25, 0.3) is 0 Å². The maximum atomic E-state index is 10.2. The zero-order valence-corrected chi connectivity index (χ0v) is 8.95. The maximum Gasteiger partial charge on any atom is 0.0677 e. The summed E-state index contributed by atoms with van der Waals surface area (Å²) in [6, 6.07) is 0. The van der Waals surface area contributed by atoms with Crippen LogP contribution in [0.3, 0.4) is 0 Å². The first-order valence-electron chi connectivity index (χ1n) is 5.32. The number of aliphatic hydroxyl groups excluding tert-OH is 1. The lowest BCUT2D eigenvalue weighted by atomic mass is 9.72. The molecular formula is C11H22O2. The molecule has 1 fully saturated rings. The largest absolute Gasteiger partial charge is 0.393 e. The van der Waals surface area contributed by atoms with Gasteiger partial charge in [-0.3, -0.25) is 0 Å². The summed E-state index contributed by atoms with van der Waals surface area (Å²) in [5.41, 5.74) is -0.606. The Morgan fingerprint density at radius 1 is 1.31 bits per heavy atom. The molecule has 0 aromatic carbocycles. The summed E-state index contributed by atoms with van der Waals surface area (Å²) in [5.74, 6) is 1.18. The smallest absolute Gasteiger partial charge is 0.0677 e. The van der Waals surface area contributed by atoms with E-state index in [9.17, 15) is 10.2 Å². The first-order valence-corrected chi connectivity index (χ1v) is 5.32. The van der Waals surface area contributed by atoms with Crippen LogP contribution in [0.15, 0.2) is 0 Å². The molecule has 1 saturated carbocycles. The van der Waals surface area contributed by atoms with E-state index in [1.807, 2.05) is 0 Å². The summed E-state index contributed by atoms with van der Waals surface area (Å²) >= 11 is 0. The molecule has 2 heteroatoms. The second-order valence-corrected chi connectivity index (χ2v) is 5.13. The Morgan fingerprint density at radius 3 is 2.15 bits per heavy atom. The Labute approximate surface area is 81.0 Å². The van der Waals surface area contributed by atoms with Gasteiger partial charge < -0.3 is 10.2 Å². The molecule has 1 aliphatic rings. The third kappa shape index (κ3) is 3.28. The van der Waals surface area contributed by atoms with Gasteiger partial charge in [0.05, 0.1) is 11.7 Å². The summed E-state index contributed by atoms with van der Waals surface area (Å²) in [7, 11) is 0. The van der Waals surface area contributed by atoms with Crippen molar-refractivity contribution in [2.24, 2.45) is 11.8 Å². The van der Waals surface area contributed by atoms with E-state index in [0.717, 1.165) is 12.8 Å². The van der Waals surface area contributed by atoms with Gasteiger partial charge in [0.1, 0.15) is 0 Å². The summed E-state index contributed by atoms with van der Waals surface area (Å²) in [6.45, 7) is 6.12. The van der Waals surface area contributed by atoms with Crippen LogP contribution in [-0.2, 0) is 0 Å². The molecule has 0 amide bonds. The van der Waals surface area contributed by atoms with Crippen molar-refractivity contribution in [3.63, 3.8) is 0 Å². The second kappa shape index (κ2) is 3.97. The molecule has 78 valence electrons. The first kappa shape index (κ1) is 11.0. The minimum absolute atomic E-state index is 0.387. The van der Waals surface area contributed by atoms with E-state index < -0.39 is 5.60 Å². The minimum atomic E-state index is -0.606. The standard InChI is InChI=1S/C11H22O2/c1-8-4-9(2)6-11(13,5-8)7-10(3)12/h8-10,12-13H,4-7H2,1-3H3. The van der Waals surface area contributed by atoms with Crippen LogP contribution in [-0.4, -0.2) is 21.9 Å². The number of aliphatic hydroxyl groups is 2. The number of hydrogen-bond donors (Lipinski definition) is 2. The average Bonchev–Trinajstić information content (AvgIpc) is 1.77. The molecule has 3 atom stereocenters. The molecule has 0 aromatic heterocycles. The topological polar surface area (TPSA) is 40.5 Å². The van der Waals surface area contributed by atoms with Gasteiger partial charge in [-0.2, -0.15) is 0 Å². The van der Waals surface area contributed by atoms with Crippen LogP contribution in [0.4, 0.5) is 0 Å². The third-order valence-electron chi connectivity index (χ3n) is 2.94. The lowest BCUT2D eigenvalue weighted by Crippen LogP contribution is -2.40. The molecular weight excluding hydrogens is 164 g/mol. The lowest BCUT2D eigenvalue weighted by molar-refractivity contribution is -0.0607. The Hall–Kier alpha value is -0.0800. The molecule has 0 radical (unpaired) electrons. The van der Waals surface area contributed by atoms with Gasteiger partial charge in [0.15, 0.2) is 0 Å². The highest BCUT2D eigenvalue weighted by Crippen LogP contribution is 2.38. The van der Waals surface area contributed by atoms with E-state index in [-0.39, 0.29) is 6.10 Å². The van der Waals surface area contributed by atoms with Crippen molar-refractivity contribution >= 4 is 0 Å². The van der Waals surface area contributed by atoms with E-state index in [2.05, 4.69) is 13.8 Å². The van der Waals surface area contributed by atoms with Gasteiger partial charge in [-0.15, -0.1) is 0 Å². The van der Waals surface area contributed by atoms with Crippen molar-refractivity contribution in [3.05, 3.63) is 0 Å². The Morgan fingerprint density at radius 2 is 1.77 bits per heavy atom. The maximum absolute atomic E-state index is 10.2. The summed E-state index contributed by atoms with van der Waals surface area (Å²) in [6.07, 6.45) is 3.05. The minimum Gasteiger partial charge on any atom is -0.393 e. The van der Waals surface area contributed by atoms with Crippen LogP contribution < -0.4 is 0 Å². The molecule has 0 aromatic rings. The van der Waals surface area contributed by atoms with E-state index in [4.69, 9.17) is 0 Å². The second-order valence-electron chi connectivity index (χ2n) is 5.13. The highest BCUT2D eigenvalue weighted by molar-refractivity contribution is 4.88. The summed E-state index contributed by atoms with van der Waals surface area (Å²) in [4.78, 5) is 0. The van der Waals surface area contributed by atoms with Gasteiger partial charge in [-0.05, 0) is 38.0 Å². The molecule has 2 nitrogen and oxygen atoms in total. The molecule has 2 N–H and O–H groups in total. The van der Waals surface area contributed by atoms with E-state index >= 15 is 0 Å². The van der Waals surface area contributed by atoms with Crippen LogP contribution in [0.5, 0.6) is 0 Å². The predicted octanol–water partition coefficient (Wildman–Crippen LogP) is 1.94. The number of hydrogen-bond acceptors (Lipinski definition) is 2. The summed E-state index contributed by atoms with van der Waals surface area (Å²) in [5, 5.41) is 19.5. The van der Waals surface area contributed by atoms with E-state index in [1.165, 1.54) is 6.42 Å². The van der Waals surface area contributed by atoms with Gasteiger partial charge in [0.2, 0.25) is 0 Å². The zero-order chi connectivity index (χ0) is 10.1. The van der Waals surface area contributed by atoms with Crippen LogP contribution in [0, 0.1) is 11.8 Å². The summed E-state index contributed by atoms with van der Waals surface area (Å²) < 4.78 is 0. The molecule has 1 aliphatic carbocycles. The molecule has 0 bridgehead atoms. The molecule has 0 heterocycles. The molecule has 13 heavy (non-hydrogen) atoms. The highest BCUT2D eigenvalue weighted by atomic mass is 16.3. The number of rotatable bonds is 2. The molecule has 0 aliphatic heterocycles. The SMILES string of the molecule is CC(O)CC1(O)CC(C)CC(C)C1. The normalized spacial score (nSPS) is 43.2. The fourth-order valence-corrected chi connectivity index (χ4v) is 2.95. The van der Waals surface area contributed by atoms with Gasteiger partial charge in [0, 0.05) is 6.42 Å². The van der Waals surface area contributed by atoms with Crippen molar-refractivity contribution in [3.8, 4) is 0 Å². The van der Waals surface area contributed by atoms with Crippen LogP contribution in [0.2, 0.25) is 0 Å². The Kier molecular flexibility index (Phi) is 3.36. The highest BCUT2D eigenvalue weighted by Gasteiger charge is 2.36. The first-order chi connectivity index (χ1) is 5.91. The van der Waals surface area contributed by atoms with Gasteiger partial charge in [0.25, 0.3) is 0 Å². The van der Waals surface area contributed by atoms with Crippen molar-refractivity contribution < 1.29 is 10.2 Å². The monoisotopic (exact) mass is 186 g/mol. The van der Waals surface area contributed by atoms with Crippen LogP contribution >= 0.6 is 0 Å². The fraction of sp³-hybridized carbons (Fsp3) is 1.00. The predicted molar refractivity (Wildman–Crippen MR) is 53.4 cm³/mol. The quantitative estimate of drug-likeness (QED) is 0.692. The zero-order valence-electron chi connectivity index (χ0n) is 8.95. The van der Waals surface area contributed by atoms with E-state index in [0.29, 0.717) is 18.3 Å². The van der Waals surface area contributed by atoms with Crippen molar-refractivity contribution in [1.82, 2.24) is 0 Å². The molecule has 1 rings (SSSR count). The third-order valence-corrected chi connectivity index (χ3v) is 2.94. The molecule has 3 unspecified atom stereocenters. The van der Waals surface area contributed by atoms with Crippen molar-refractivity contribution in [2.45, 2.75) is 58.2 Å². The Bertz CT molecular complexity index is 150. The van der Waals surface area contributed by atoms with Crippen molar-refractivity contribution in [2.75, 3.05) is 0 Å². The van der Waals surface area contributed by atoms with Gasteiger partial charge >= 0.3 is 0 Å². The fourth-order valence-electron chi connectivity index (χ4n) is 2.95. The van der Waals surface area contributed by atoms with Crippen LogP contribution in [0.1, 0.15) is 46.5 Å². The van der Waals surface area contributed by atoms with Gasteiger partial charge in [-0.1, -0.05) is 13.8 Å². The Balaban J connectivity index is 2.55. The van der Waals surface area contributed by atoms with E-state index in [1.54, 1.807) is 6.92 Å². The molecule has 0 saturated heterocycles.